The number of hydrogen-bond donors (Lipinski definition) is 1. The normalized spacial score (nSPS) is 14.2. The van der Waals surface area contributed by atoms with E-state index in [0.717, 1.165) is 48.1 Å². The van der Waals surface area contributed by atoms with E-state index in [0.29, 0.717) is 13.0 Å². The lowest BCUT2D eigenvalue weighted by molar-refractivity contribution is -0.121. The molecule has 0 saturated heterocycles. The van der Waals surface area contributed by atoms with Crippen molar-refractivity contribution in [2.75, 3.05) is 19.8 Å². The molecule has 2 rings (SSSR count). The van der Waals surface area contributed by atoms with Crippen LogP contribution in [-0.2, 0) is 16.0 Å². The van der Waals surface area contributed by atoms with E-state index in [4.69, 9.17) is 16.3 Å². The van der Waals surface area contributed by atoms with E-state index in [1.807, 2.05) is 25.1 Å². The molecule has 0 bridgehead atoms. The highest BCUT2D eigenvalue weighted by atomic mass is 35.5. The van der Waals surface area contributed by atoms with E-state index in [1.54, 1.807) is 0 Å². The molecule has 0 heterocycles. The van der Waals surface area contributed by atoms with Crippen molar-refractivity contribution in [2.24, 2.45) is 5.92 Å². The first kappa shape index (κ1) is 16.3. The third-order valence-electron chi connectivity index (χ3n) is 3.72. The number of carbonyl (C=O) groups excluding carboxylic acids is 1. The second kappa shape index (κ2) is 8.40. The molecule has 0 radical (unpaired) electrons. The van der Waals surface area contributed by atoms with Crippen LogP contribution < -0.4 is 5.32 Å². The van der Waals surface area contributed by atoms with Crippen molar-refractivity contribution < 1.29 is 9.53 Å². The number of ether oxygens (including phenoxy) is 1. The average Bonchev–Trinajstić information content (AvgIpc) is 3.28. The van der Waals surface area contributed by atoms with Gasteiger partial charge in [-0.2, -0.15) is 0 Å². The minimum absolute atomic E-state index is 0.0916. The van der Waals surface area contributed by atoms with Crippen LogP contribution in [0.1, 0.15) is 36.8 Å². The van der Waals surface area contributed by atoms with Crippen LogP contribution in [0, 0.1) is 12.8 Å². The molecular weight excluding hydrogens is 286 g/mol. The molecule has 1 fully saturated rings. The zero-order chi connectivity index (χ0) is 15.1. The minimum atomic E-state index is 0.0916. The molecule has 1 amide bonds. The Morgan fingerprint density at radius 1 is 1.43 bits per heavy atom. The smallest absolute Gasteiger partial charge is 0.220 e. The molecule has 0 unspecified atom stereocenters. The van der Waals surface area contributed by atoms with Gasteiger partial charge in [0.1, 0.15) is 0 Å². The number of halogens is 1. The van der Waals surface area contributed by atoms with E-state index < -0.39 is 0 Å². The summed E-state index contributed by atoms with van der Waals surface area (Å²) in [6, 6.07) is 5.96. The fraction of sp³-hybridized carbons (Fsp3) is 0.588. The molecule has 0 aliphatic heterocycles. The zero-order valence-corrected chi connectivity index (χ0v) is 13.4. The lowest BCUT2D eigenvalue weighted by Crippen LogP contribution is -2.25. The fourth-order valence-electron chi connectivity index (χ4n) is 2.07. The molecule has 116 valence electrons. The fourth-order valence-corrected chi connectivity index (χ4v) is 2.28. The first-order valence-electron chi connectivity index (χ1n) is 7.74. The van der Waals surface area contributed by atoms with Gasteiger partial charge < -0.3 is 10.1 Å². The number of hydrogen-bond acceptors (Lipinski definition) is 2. The van der Waals surface area contributed by atoms with Crippen LogP contribution in [0.5, 0.6) is 0 Å². The predicted molar refractivity (Wildman–Crippen MR) is 85.7 cm³/mol. The van der Waals surface area contributed by atoms with E-state index in [9.17, 15) is 4.79 Å². The van der Waals surface area contributed by atoms with Crippen molar-refractivity contribution >= 4 is 17.5 Å². The molecule has 1 aromatic rings. The van der Waals surface area contributed by atoms with E-state index in [1.165, 1.54) is 12.8 Å². The van der Waals surface area contributed by atoms with Gasteiger partial charge in [0.15, 0.2) is 0 Å². The van der Waals surface area contributed by atoms with Gasteiger partial charge >= 0.3 is 0 Å². The van der Waals surface area contributed by atoms with Gasteiger partial charge in [-0.25, -0.2) is 0 Å². The van der Waals surface area contributed by atoms with Crippen LogP contribution >= 0.6 is 11.6 Å². The summed E-state index contributed by atoms with van der Waals surface area (Å²) in [7, 11) is 0. The Balaban J connectivity index is 1.53. The molecule has 0 spiro atoms. The van der Waals surface area contributed by atoms with E-state index in [-0.39, 0.29) is 5.91 Å². The molecule has 0 atom stereocenters. The van der Waals surface area contributed by atoms with Crippen LogP contribution in [0.4, 0.5) is 0 Å². The Hall–Kier alpha value is -1.06. The maximum absolute atomic E-state index is 11.7. The Morgan fingerprint density at radius 3 is 2.95 bits per heavy atom. The van der Waals surface area contributed by atoms with Gasteiger partial charge in [-0.05, 0) is 55.7 Å². The predicted octanol–water partition coefficient (Wildman–Crippen LogP) is 3.51. The first-order valence-corrected chi connectivity index (χ1v) is 8.12. The summed E-state index contributed by atoms with van der Waals surface area (Å²) in [5.41, 5.74) is 2.17. The summed E-state index contributed by atoms with van der Waals surface area (Å²) in [6.07, 6.45) is 4.75. The summed E-state index contributed by atoms with van der Waals surface area (Å²) in [6.45, 7) is 4.30. The second-order valence-corrected chi connectivity index (χ2v) is 6.21. The van der Waals surface area contributed by atoms with E-state index in [2.05, 4.69) is 5.32 Å². The standard InChI is InChI=1S/C17H24ClNO2/c1-13-3-4-14(11-16(13)18)7-8-17(20)19-9-2-10-21-12-15-5-6-15/h3-4,11,15H,2,5-10,12H2,1H3,(H,19,20). The summed E-state index contributed by atoms with van der Waals surface area (Å²) in [5, 5.41) is 3.70. The zero-order valence-electron chi connectivity index (χ0n) is 12.7. The summed E-state index contributed by atoms with van der Waals surface area (Å²) < 4.78 is 5.53. The third kappa shape index (κ3) is 6.49. The Bertz CT molecular complexity index is 472. The van der Waals surface area contributed by atoms with Gasteiger partial charge in [-0.15, -0.1) is 0 Å². The van der Waals surface area contributed by atoms with Crippen LogP contribution in [0.25, 0.3) is 0 Å². The quantitative estimate of drug-likeness (QED) is 0.709. The lowest BCUT2D eigenvalue weighted by Gasteiger charge is -2.07. The van der Waals surface area contributed by atoms with Crippen molar-refractivity contribution in [3.63, 3.8) is 0 Å². The van der Waals surface area contributed by atoms with Crippen LogP contribution in [0.3, 0.4) is 0 Å². The topological polar surface area (TPSA) is 38.3 Å². The highest BCUT2D eigenvalue weighted by Gasteiger charge is 2.20. The molecule has 1 aromatic carbocycles. The van der Waals surface area contributed by atoms with Crippen molar-refractivity contribution in [3.8, 4) is 0 Å². The van der Waals surface area contributed by atoms with Gasteiger partial charge in [0.25, 0.3) is 0 Å². The SMILES string of the molecule is Cc1ccc(CCC(=O)NCCCOCC2CC2)cc1Cl. The minimum Gasteiger partial charge on any atom is -0.381 e. The largest absolute Gasteiger partial charge is 0.381 e. The van der Waals surface area contributed by atoms with Crippen LogP contribution in [0.15, 0.2) is 18.2 Å². The Kier molecular flexibility index (Phi) is 6.52. The summed E-state index contributed by atoms with van der Waals surface area (Å²) >= 11 is 6.07. The lowest BCUT2D eigenvalue weighted by atomic mass is 10.1. The van der Waals surface area contributed by atoms with Crippen molar-refractivity contribution in [3.05, 3.63) is 34.3 Å². The average molecular weight is 310 g/mol. The van der Waals surface area contributed by atoms with Crippen molar-refractivity contribution in [1.82, 2.24) is 5.32 Å². The third-order valence-corrected chi connectivity index (χ3v) is 4.12. The molecule has 3 nitrogen and oxygen atoms in total. The molecule has 1 saturated carbocycles. The number of benzene rings is 1. The first-order chi connectivity index (χ1) is 10.1. The van der Waals surface area contributed by atoms with Crippen LogP contribution in [-0.4, -0.2) is 25.7 Å². The Labute approximate surface area is 132 Å². The van der Waals surface area contributed by atoms with Crippen LogP contribution in [0.2, 0.25) is 5.02 Å². The second-order valence-electron chi connectivity index (χ2n) is 5.81. The van der Waals surface area contributed by atoms with Gasteiger partial charge in [-0.1, -0.05) is 23.7 Å². The molecule has 21 heavy (non-hydrogen) atoms. The number of amides is 1. The monoisotopic (exact) mass is 309 g/mol. The van der Waals surface area contributed by atoms with Gasteiger partial charge in [0.05, 0.1) is 0 Å². The van der Waals surface area contributed by atoms with E-state index >= 15 is 0 Å². The number of rotatable bonds is 9. The molecular formula is C17H24ClNO2. The maximum atomic E-state index is 11.7. The highest BCUT2D eigenvalue weighted by molar-refractivity contribution is 6.31. The molecule has 0 aromatic heterocycles. The van der Waals surface area contributed by atoms with Gasteiger partial charge in [-0.3, -0.25) is 4.79 Å². The summed E-state index contributed by atoms with van der Waals surface area (Å²) in [5.74, 6) is 0.898. The molecule has 1 N–H and O–H groups in total. The molecule has 1 aliphatic carbocycles. The van der Waals surface area contributed by atoms with Crippen molar-refractivity contribution in [2.45, 2.75) is 39.0 Å². The molecule has 4 heteroatoms. The summed E-state index contributed by atoms with van der Waals surface area (Å²) in [4.78, 5) is 11.7. The number of aryl methyl sites for hydroxylation is 2. The maximum Gasteiger partial charge on any atom is 0.220 e. The van der Waals surface area contributed by atoms with Gasteiger partial charge in [0, 0.05) is 31.2 Å². The molecule has 1 aliphatic rings. The van der Waals surface area contributed by atoms with Gasteiger partial charge in [0.2, 0.25) is 5.91 Å². The highest BCUT2D eigenvalue weighted by Crippen LogP contribution is 2.28. The number of carbonyl (C=O) groups is 1. The van der Waals surface area contributed by atoms with Crippen molar-refractivity contribution in [1.29, 1.82) is 0 Å². The Morgan fingerprint density at radius 2 is 2.24 bits per heavy atom. The number of nitrogens with one attached hydrogen (secondary N) is 1.